The van der Waals surface area contributed by atoms with Crippen molar-refractivity contribution in [3.63, 3.8) is 0 Å². The first-order valence-electron chi connectivity index (χ1n) is 7.48. The number of rotatable bonds is 2. The SMILES string of the molecule is O=C1CC(=O)Nc2cc(C(Br)C3CC4CC4C3)ccc2N1. The average Bonchev–Trinajstić information content (AvgIpc) is 3.09. The van der Waals surface area contributed by atoms with Crippen molar-refractivity contribution in [3.8, 4) is 0 Å². The van der Waals surface area contributed by atoms with Crippen molar-refractivity contribution in [3.05, 3.63) is 23.8 Å². The van der Waals surface area contributed by atoms with E-state index in [9.17, 15) is 9.59 Å². The molecule has 2 saturated carbocycles. The highest BCUT2D eigenvalue weighted by molar-refractivity contribution is 9.09. The predicted octanol–water partition coefficient (Wildman–Crippen LogP) is 3.45. The molecule has 0 bridgehead atoms. The van der Waals surface area contributed by atoms with Crippen molar-refractivity contribution in [2.24, 2.45) is 17.8 Å². The number of carbonyl (C=O) groups excluding carboxylic acids is 2. The normalized spacial score (nSPS) is 31.6. The summed E-state index contributed by atoms with van der Waals surface area (Å²) in [7, 11) is 0. The minimum Gasteiger partial charge on any atom is -0.324 e. The van der Waals surface area contributed by atoms with Gasteiger partial charge in [-0.15, -0.1) is 0 Å². The molecule has 2 amide bonds. The van der Waals surface area contributed by atoms with Crippen LogP contribution in [-0.4, -0.2) is 11.8 Å². The Bertz CT molecular complexity index is 621. The zero-order valence-electron chi connectivity index (χ0n) is 11.6. The second-order valence-corrected chi connectivity index (χ2v) is 7.45. The van der Waals surface area contributed by atoms with Crippen LogP contribution >= 0.6 is 15.9 Å². The standard InChI is InChI=1S/C16H17BrN2O2/c17-16(11-4-9-3-10(9)5-11)8-1-2-12-13(6-8)19-15(21)7-14(20)18-12/h1-2,6,9-11,16H,3-5,7H2,(H,18,20)(H,19,21). The van der Waals surface area contributed by atoms with Gasteiger partial charge in [0.1, 0.15) is 6.42 Å². The molecule has 0 aromatic heterocycles. The van der Waals surface area contributed by atoms with Gasteiger partial charge in [-0.1, -0.05) is 22.0 Å². The molecule has 3 atom stereocenters. The van der Waals surface area contributed by atoms with E-state index in [2.05, 4.69) is 26.6 Å². The topological polar surface area (TPSA) is 58.2 Å². The van der Waals surface area contributed by atoms with Gasteiger partial charge in [0.15, 0.2) is 0 Å². The summed E-state index contributed by atoms with van der Waals surface area (Å²) in [6.07, 6.45) is 3.91. The number of nitrogens with one attached hydrogen (secondary N) is 2. The molecule has 4 nitrogen and oxygen atoms in total. The molecule has 3 unspecified atom stereocenters. The molecule has 0 radical (unpaired) electrons. The summed E-state index contributed by atoms with van der Waals surface area (Å²) in [6, 6.07) is 5.92. The molecular weight excluding hydrogens is 332 g/mol. The maximum absolute atomic E-state index is 11.7. The lowest BCUT2D eigenvalue weighted by Gasteiger charge is -2.20. The Morgan fingerprint density at radius 2 is 1.67 bits per heavy atom. The third-order valence-electron chi connectivity index (χ3n) is 4.93. The third-order valence-corrected chi connectivity index (χ3v) is 6.20. The van der Waals surface area contributed by atoms with E-state index in [1.165, 1.54) is 24.8 Å². The maximum atomic E-state index is 11.7. The number of anilines is 2. The van der Waals surface area contributed by atoms with Gasteiger partial charge >= 0.3 is 0 Å². The minimum absolute atomic E-state index is 0.117. The molecule has 3 aliphatic rings. The minimum atomic E-state index is -0.259. The van der Waals surface area contributed by atoms with Gasteiger partial charge in [0.05, 0.1) is 11.4 Å². The first-order valence-corrected chi connectivity index (χ1v) is 8.39. The zero-order valence-corrected chi connectivity index (χ0v) is 13.2. The first kappa shape index (κ1) is 13.3. The van der Waals surface area contributed by atoms with Crippen LogP contribution in [0.3, 0.4) is 0 Å². The van der Waals surface area contributed by atoms with Crippen LogP contribution in [-0.2, 0) is 9.59 Å². The Labute approximate surface area is 131 Å². The van der Waals surface area contributed by atoms with E-state index in [4.69, 9.17) is 0 Å². The molecule has 2 fully saturated rings. The number of fused-ring (bicyclic) bond motifs is 2. The van der Waals surface area contributed by atoms with Crippen molar-refractivity contribution in [2.45, 2.75) is 30.5 Å². The Kier molecular flexibility index (Phi) is 3.06. The van der Waals surface area contributed by atoms with Gasteiger partial charge in [0.25, 0.3) is 0 Å². The molecule has 1 aliphatic heterocycles. The van der Waals surface area contributed by atoms with Crippen molar-refractivity contribution in [2.75, 3.05) is 10.6 Å². The summed E-state index contributed by atoms with van der Waals surface area (Å²) < 4.78 is 0. The van der Waals surface area contributed by atoms with Gasteiger partial charge in [0, 0.05) is 4.83 Å². The van der Waals surface area contributed by atoms with E-state index < -0.39 is 0 Å². The van der Waals surface area contributed by atoms with Gasteiger partial charge in [-0.3, -0.25) is 9.59 Å². The first-order chi connectivity index (χ1) is 10.1. The molecule has 21 heavy (non-hydrogen) atoms. The highest BCUT2D eigenvalue weighted by Gasteiger charge is 2.47. The van der Waals surface area contributed by atoms with Crippen molar-refractivity contribution in [1.82, 2.24) is 0 Å². The molecule has 2 N–H and O–H groups in total. The van der Waals surface area contributed by atoms with Gasteiger partial charge in [0.2, 0.25) is 11.8 Å². The number of carbonyl (C=O) groups is 2. The molecule has 1 aromatic carbocycles. The molecule has 0 spiro atoms. The highest BCUT2D eigenvalue weighted by Crippen LogP contribution is 2.58. The fraction of sp³-hybridized carbons (Fsp3) is 0.500. The van der Waals surface area contributed by atoms with Gasteiger partial charge < -0.3 is 10.6 Å². The summed E-state index contributed by atoms with van der Waals surface area (Å²) in [6.45, 7) is 0. The average molecular weight is 349 g/mol. The number of alkyl halides is 1. The molecule has 0 saturated heterocycles. The maximum Gasteiger partial charge on any atom is 0.233 e. The van der Waals surface area contributed by atoms with Crippen LogP contribution < -0.4 is 10.6 Å². The van der Waals surface area contributed by atoms with Crippen LogP contribution in [0.5, 0.6) is 0 Å². The van der Waals surface area contributed by atoms with Crippen LogP contribution in [0.25, 0.3) is 0 Å². The van der Waals surface area contributed by atoms with E-state index in [0.29, 0.717) is 22.1 Å². The smallest absolute Gasteiger partial charge is 0.233 e. The van der Waals surface area contributed by atoms with E-state index >= 15 is 0 Å². The second-order valence-electron chi connectivity index (χ2n) is 6.47. The monoisotopic (exact) mass is 348 g/mol. The lowest BCUT2D eigenvalue weighted by Crippen LogP contribution is -2.16. The number of benzene rings is 1. The summed E-state index contributed by atoms with van der Waals surface area (Å²) in [5.41, 5.74) is 2.57. The Balaban J connectivity index is 1.59. The van der Waals surface area contributed by atoms with Crippen LogP contribution in [0, 0.1) is 17.8 Å². The number of halogens is 1. The Hall–Kier alpha value is -1.36. The lowest BCUT2D eigenvalue weighted by atomic mass is 9.94. The number of amides is 2. The third kappa shape index (κ3) is 2.48. The molecule has 1 heterocycles. The summed E-state index contributed by atoms with van der Waals surface area (Å²) in [5.74, 6) is 2.08. The quantitative estimate of drug-likeness (QED) is 0.635. The number of hydrogen-bond acceptors (Lipinski definition) is 2. The van der Waals surface area contributed by atoms with E-state index in [1.807, 2.05) is 18.2 Å². The highest BCUT2D eigenvalue weighted by atomic mass is 79.9. The van der Waals surface area contributed by atoms with Gasteiger partial charge in [-0.05, 0) is 54.7 Å². The molecule has 110 valence electrons. The van der Waals surface area contributed by atoms with Crippen molar-refractivity contribution in [1.29, 1.82) is 0 Å². The molecule has 1 aromatic rings. The van der Waals surface area contributed by atoms with Crippen LogP contribution in [0.2, 0.25) is 0 Å². The van der Waals surface area contributed by atoms with E-state index in [0.717, 1.165) is 11.8 Å². The molecule has 2 aliphatic carbocycles. The predicted molar refractivity (Wildman–Crippen MR) is 84.3 cm³/mol. The van der Waals surface area contributed by atoms with Crippen LogP contribution in [0.1, 0.15) is 36.1 Å². The van der Waals surface area contributed by atoms with E-state index in [-0.39, 0.29) is 18.2 Å². The largest absolute Gasteiger partial charge is 0.324 e. The fourth-order valence-corrected chi connectivity index (χ4v) is 4.47. The van der Waals surface area contributed by atoms with Crippen LogP contribution in [0.15, 0.2) is 18.2 Å². The Morgan fingerprint density at radius 3 is 2.38 bits per heavy atom. The summed E-state index contributed by atoms with van der Waals surface area (Å²) in [4.78, 5) is 23.5. The van der Waals surface area contributed by atoms with Crippen molar-refractivity contribution < 1.29 is 9.59 Å². The molecule has 5 heteroatoms. The lowest BCUT2D eigenvalue weighted by molar-refractivity contribution is -0.123. The summed E-state index contributed by atoms with van der Waals surface area (Å²) >= 11 is 3.84. The van der Waals surface area contributed by atoms with Crippen LogP contribution in [0.4, 0.5) is 11.4 Å². The molecule has 4 rings (SSSR count). The fourth-order valence-electron chi connectivity index (χ4n) is 3.75. The Morgan fingerprint density at radius 1 is 1.00 bits per heavy atom. The van der Waals surface area contributed by atoms with E-state index in [1.54, 1.807) is 0 Å². The van der Waals surface area contributed by atoms with Gasteiger partial charge in [-0.2, -0.15) is 0 Å². The second kappa shape index (κ2) is 4.83. The molecular formula is C16H17BrN2O2. The summed E-state index contributed by atoms with van der Waals surface area (Å²) in [5, 5.41) is 5.58. The van der Waals surface area contributed by atoms with Crippen molar-refractivity contribution >= 4 is 39.1 Å². The number of hydrogen-bond donors (Lipinski definition) is 2. The van der Waals surface area contributed by atoms with Gasteiger partial charge in [-0.25, -0.2) is 0 Å². The zero-order chi connectivity index (χ0) is 14.6.